The predicted octanol–water partition coefficient (Wildman–Crippen LogP) is 4.42. The normalized spacial score (nSPS) is 10.9. The van der Waals surface area contributed by atoms with E-state index in [1.54, 1.807) is 18.3 Å². The first-order valence-corrected chi connectivity index (χ1v) is 9.25. The largest absolute Gasteiger partial charge is 0.434 e. The van der Waals surface area contributed by atoms with Crippen LogP contribution in [0.2, 0.25) is 0 Å². The summed E-state index contributed by atoms with van der Waals surface area (Å²) < 4.78 is 5.74. The molecule has 29 heavy (non-hydrogen) atoms. The van der Waals surface area contributed by atoms with E-state index in [4.69, 9.17) is 16.6 Å². The Morgan fingerprint density at radius 1 is 1.03 bits per heavy atom. The summed E-state index contributed by atoms with van der Waals surface area (Å²) in [6.45, 7) is 0. The third kappa shape index (κ3) is 4.72. The highest BCUT2D eigenvalue weighted by atomic mass is 32.1. The Balaban J connectivity index is 1.41. The van der Waals surface area contributed by atoms with E-state index >= 15 is 0 Å². The standard InChI is InChI=1S/C22H16N4O2S/c27-19(12-11-15-6-2-1-3-7-15)25-22(29)24-17-9-4-8-16(14-17)21-26-20-18(28-21)10-5-13-23-20/h1-14H,(H2,24,25,27,29)/b12-11-. The lowest BCUT2D eigenvalue weighted by atomic mass is 10.2. The number of aromatic nitrogens is 2. The summed E-state index contributed by atoms with van der Waals surface area (Å²) in [6.07, 6.45) is 4.82. The molecular weight excluding hydrogens is 384 g/mol. The molecule has 0 aliphatic rings. The molecule has 0 spiro atoms. The molecule has 0 bridgehead atoms. The van der Waals surface area contributed by atoms with Gasteiger partial charge in [-0.05, 0) is 54.2 Å². The average molecular weight is 400 g/mol. The van der Waals surface area contributed by atoms with Crippen LogP contribution in [-0.4, -0.2) is 21.0 Å². The van der Waals surface area contributed by atoms with Crippen molar-refractivity contribution < 1.29 is 9.21 Å². The van der Waals surface area contributed by atoms with Crippen LogP contribution in [0.25, 0.3) is 28.8 Å². The number of rotatable bonds is 4. The molecule has 7 heteroatoms. The minimum Gasteiger partial charge on any atom is -0.434 e. The Bertz CT molecular complexity index is 1170. The summed E-state index contributed by atoms with van der Waals surface area (Å²) >= 11 is 5.23. The molecule has 142 valence electrons. The van der Waals surface area contributed by atoms with Gasteiger partial charge in [0.2, 0.25) is 11.8 Å². The molecular formula is C22H16N4O2S. The molecule has 1 amide bonds. The quantitative estimate of drug-likeness (QED) is 0.390. The lowest BCUT2D eigenvalue weighted by Gasteiger charge is -2.08. The van der Waals surface area contributed by atoms with Crippen molar-refractivity contribution in [2.75, 3.05) is 5.32 Å². The van der Waals surface area contributed by atoms with Crippen molar-refractivity contribution in [3.8, 4) is 11.5 Å². The molecule has 2 aromatic heterocycles. The van der Waals surface area contributed by atoms with Gasteiger partial charge in [-0.15, -0.1) is 0 Å². The van der Waals surface area contributed by atoms with Crippen LogP contribution in [0.1, 0.15) is 5.56 Å². The fourth-order valence-electron chi connectivity index (χ4n) is 2.67. The van der Waals surface area contributed by atoms with E-state index in [2.05, 4.69) is 20.6 Å². The average Bonchev–Trinajstić information content (AvgIpc) is 3.17. The number of nitrogens with zero attached hydrogens (tertiary/aromatic N) is 2. The summed E-state index contributed by atoms with van der Waals surface area (Å²) in [5.74, 6) is 0.149. The number of hydrogen-bond acceptors (Lipinski definition) is 5. The fourth-order valence-corrected chi connectivity index (χ4v) is 2.89. The number of oxazole rings is 1. The molecule has 2 N–H and O–H groups in total. The van der Waals surface area contributed by atoms with Crippen LogP contribution in [-0.2, 0) is 4.79 Å². The lowest BCUT2D eigenvalue weighted by Crippen LogP contribution is -2.32. The van der Waals surface area contributed by atoms with Gasteiger partial charge in [-0.3, -0.25) is 10.1 Å². The highest BCUT2D eigenvalue weighted by molar-refractivity contribution is 7.80. The van der Waals surface area contributed by atoms with E-state index in [-0.39, 0.29) is 11.0 Å². The molecule has 4 rings (SSSR count). The maximum atomic E-state index is 12.0. The van der Waals surface area contributed by atoms with Crippen LogP contribution < -0.4 is 10.6 Å². The Labute approximate surface area is 172 Å². The second-order valence-corrected chi connectivity index (χ2v) is 6.52. The van der Waals surface area contributed by atoms with Crippen LogP contribution in [0.4, 0.5) is 5.69 Å². The number of carbonyl (C=O) groups is 1. The molecule has 0 aliphatic heterocycles. The number of benzene rings is 2. The Kier molecular flexibility index (Phi) is 5.40. The van der Waals surface area contributed by atoms with Crippen molar-refractivity contribution >= 4 is 46.2 Å². The van der Waals surface area contributed by atoms with Gasteiger partial charge in [-0.1, -0.05) is 36.4 Å². The lowest BCUT2D eigenvalue weighted by molar-refractivity contribution is -0.115. The van der Waals surface area contributed by atoms with Gasteiger partial charge in [0.15, 0.2) is 16.3 Å². The first kappa shape index (κ1) is 18.5. The number of thiocarbonyl (C=S) groups is 1. The van der Waals surface area contributed by atoms with Crippen molar-refractivity contribution in [2.45, 2.75) is 0 Å². The van der Waals surface area contributed by atoms with Gasteiger partial charge in [0.1, 0.15) is 0 Å². The Morgan fingerprint density at radius 2 is 1.90 bits per heavy atom. The van der Waals surface area contributed by atoms with Crippen molar-refractivity contribution in [1.82, 2.24) is 15.3 Å². The van der Waals surface area contributed by atoms with Crippen molar-refractivity contribution in [3.05, 3.63) is 84.6 Å². The van der Waals surface area contributed by atoms with E-state index in [1.165, 1.54) is 6.08 Å². The van der Waals surface area contributed by atoms with Gasteiger partial charge in [0.05, 0.1) is 0 Å². The van der Waals surface area contributed by atoms with Crippen molar-refractivity contribution in [2.24, 2.45) is 0 Å². The Hall–Kier alpha value is -3.84. The molecule has 2 heterocycles. The molecule has 0 saturated heterocycles. The van der Waals surface area contributed by atoms with Gasteiger partial charge >= 0.3 is 0 Å². The number of carbonyl (C=O) groups excluding carboxylic acids is 1. The molecule has 0 atom stereocenters. The highest BCUT2D eigenvalue weighted by Crippen LogP contribution is 2.25. The second kappa shape index (κ2) is 8.45. The first-order chi connectivity index (χ1) is 14.2. The summed E-state index contributed by atoms with van der Waals surface area (Å²) in [7, 11) is 0. The van der Waals surface area contributed by atoms with Crippen LogP contribution in [0.3, 0.4) is 0 Å². The monoisotopic (exact) mass is 400 g/mol. The number of fused-ring (bicyclic) bond motifs is 1. The molecule has 4 aromatic rings. The maximum Gasteiger partial charge on any atom is 0.250 e. The molecule has 0 aliphatic carbocycles. The van der Waals surface area contributed by atoms with E-state index in [0.29, 0.717) is 22.8 Å². The third-order valence-corrected chi connectivity index (χ3v) is 4.20. The Morgan fingerprint density at radius 3 is 2.72 bits per heavy atom. The van der Waals surface area contributed by atoms with Crippen LogP contribution in [0.15, 0.2) is 83.4 Å². The van der Waals surface area contributed by atoms with Gasteiger partial charge in [-0.2, -0.15) is 4.98 Å². The van der Waals surface area contributed by atoms with E-state index in [0.717, 1.165) is 11.1 Å². The third-order valence-electron chi connectivity index (χ3n) is 4.00. The zero-order chi connectivity index (χ0) is 20.1. The number of hydrogen-bond donors (Lipinski definition) is 2. The second-order valence-electron chi connectivity index (χ2n) is 6.11. The predicted molar refractivity (Wildman–Crippen MR) is 117 cm³/mol. The van der Waals surface area contributed by atoms with E-state index in [9.17, 15) is 4.79 Å². The van der Waals surface area contributed by atoms with Gasteiger partial charge in [0.25, 0.3) is 0 Å². The SMILES string of the molecule is O=C(/C=C\c1ccccc1)NC(=S)Nc1cccc(-c2nc3ncccc3o2)c1. The number of anilines is 1. The first-order valence-electron chi connectivity index (χ1n) is 8.84. The van der Waals surface area contributed by atoms with Crippen LogP contribution in [0.5, 0.6) is 0 Å². The fraction of sp³-hybridized carbons (Fsp3) is 0. The minimum atomic E-state index is -0.312. The smallest absolute Gasteiger partial charge is 0.250 e. The topological polar surface area (TPSA) is 80.0 Å². The zero-order valence-electron chi connectivity index (χ0n) is 15.2. The summed E-state index contributed by atoms with van der Waals surface area (Å²) in [5.41, 5.74) is 3.57. The van der Waals surface area contributed by atoms with E-state index in [1.807, 2.05) is 60.7 Å². The van der Waals surface area contributed by atoms with Crippen LogP contribution in [0, 0.1) is 0 Å². The van der Waals surface area contributed by atoms with Gasteiger partial charge in [0, 0.05) is 23.5 Å². The van der Waals surface area contributed by atoms with Crippen LogP contribution >= 0.6 is 12.2 Å². The number of pyridine rings is 1. The molecule has 0 saturated carbocycles. The zero-order valence-corrected chi connectivity index (χ0v) is 16.0. The molecule has 0 unspecified atom stereocenters. The molecule has 0 radical (unpaired) electrons. The van der Waals surface area contributed by atoms with E-state index < -0.39 is 0 Å². The molecule has 6 nitrogen and oxygen atoms in total. The molecule has 0 fully saturated rings. The number of nitrogens with one attached hydrogen (secondary N) is 2. The summed E-state index contributed by atoms with van der Waals surface area (Å²) in [6, 6.07) is 20.6. The molecule has 2 aromatic carbocycles. The number of amides is 1. The van der Waals surface area contributed by atoms with Gasteiger partial charge < -0.3 is 9.73 Å². The maximum absolute atomic E-state index is 12.0. The van der Waals surface area contributed by atoms with Crippen molar-refractivity contribution in [1.29, 1.82) is 0 Å². The summed E-state index contributed by atoms with van der Waals surface area (Å²) in [4.78, 5) is 20.6. The highest BCUT2D eigenvalue weighted by Gasteiger charge is 2.10. The minimum absolute atomic E-state index is 0.198. The van der Waals surface area contributed by atoms with Gasteiger partial charge in [-0.25, -0.2) is 4.98 Å². The van der Waals surface area contributed by atoms with Crippen molar-refractivity contribution in [3.63, 3.8) is 0 Å². The summed E-state index contributed by atoms with van der Waals surface area (Å²) in [5, 5.41) is 5.82.